The topological polar surface area (TPSA) is 34.1 Å². The van der Waals surface area contributed by atoms with Crippen LogP contribution in [0.3, 0.4) is 0 Å². The molecule has 2 nitrogen and oxygen atoms in total. The first-order valence-electron chi connectivity index (χ1n) is 6.21. The van der Waals surface area contributed by atoms with Crippen molar-refractivity contribution in [1.29, 1.82) is 0 Å². The first-order chi connectivity index (χ1) is 8.13. The molecule has 2 heteroatoms. The van der Waals surface area contributed by atoms with Crippen molar-refractivity contribution in [1.82, 2.24) is 0 Å². The van der Waals surface area contributed by atoms with Crippen LogP contribution in [0.2, 0.25) is 0 Å². The van der Waals surface area contributed by atoms with Gasteiger partial charge in [0.25, 0.3) is 0 Å². The smallest absolute Gasteiger partial charge is 0.133 e. The summed E-state index contributed by atoms with van der Waals surface area (Å²) >= 11 is 0. The van der Waals surface area contributed by atoms with Gasteiger partial charge in [-0.1, -0.05) is 44.2 Å². The van der Waals surface area contributed by atoms with Crippen LogP contribution in [0.4, 0.5) is 0 Å². The molecule has 1 aromatic rings. The van der Waals surface area contributed by atoms with Crippen LogP contribution >= 0.6 is 0 Å². The minimum absolute atomic E-state index is 0.172. The number of carbonyl (C=O) groups excluding carboxylic acids is 2. The third-order valence-corrected chi connectivity index (χ3v) is 2.98. The maximum Gasteiger partial charge on any atom is 0.133 e. The number of carbonyl (C=O) groups is 2. The molecule has 0 N–H and O–H groups in total. The van der Waals surface area contributed by atoms with Gasteiger partial charge in [0, 0.05) is 25.7 Å². The summed E-state index contributed by atoms with van der Waals surface area (Å²) in [6.07, 6.45) is 1.85. The number of hydrogen-bond acceptors (Lipinski definition) is 2. The van der Waals surface area contributed by atoms with E-state index >= 15 is 0 Å². The highest BCUT2D eigenvalue weighted by atomic mass is 16.1. The van der Waals surface area contributed by atoms with E-state index in [0.29, 0.717) is 25.7 Å². The first kappa shape index (κ1) is 13.6. The molecule has 0 radical (unpaired) electrons. The lowest BCUT2D eigenvalue weighted by atomic mass is 9.94. The molecular weight excluding hydrogens is 212 g/mol. The highest BCUT2D eigenvalue weighted by molar-refractivity contribution is 5.86. The maximum absolute atomic E-state index is 11.7. The average Bonchev–Trinajstić information content (AvgIpc) is 2.36. The molecule has 1 rings (SSSR count). The lowest BCUT2D eigenvalue weighted by molar-refractivity contribution is -0.124. The molecule has 1 unspecified atom stereocenters. The van der Waals surface area contributed by atoms with E-state index in [1.807, 2.05) is 37.3 Å². The molecule has 0 aliphatic heterocycles. The molecule has 0 aliphatic rings. The molecule has 1 atom stereocenters. The molecule has 0 saturated carbocycles. The number of hydrogen-bond donors (Lipinski definition) is 0. The summed E-state index contributed by atoms with van der Waals surface area (Å²) in [5.74, 6) is 0.592. The first-order valence-corrected chi connectivity index (χ1v) is 6.21. The van der Waals surface area contributed by atoms with Gasteiger partial charge in [0.2, 0.25) is 0 Å². The molecule has 0 spiro atoms. The minimum atomic E-state index is 0.172. The standard InChI is InChI=1S/C15H20O2/c1-3-14(16)9-10-15(17)11-12(2)13-7-5-4-6-8-13/h4-8,12H,3,9-11H2,1-2H3. The Kier molecular flexibility index (Phi) is 5.61. The Hall–Kier alpha value is -1.44. The van der Waals surface area contributed by atoms with Gasteiger partial charge in [0.15, 0.2) is 0 Å². The van der Waals surface area contributed by atoms with Crippen LogP contribution in [-0.2, 0) is 9.59 Å². The van der Waals surface area contributed by atoms with Crippen molar-refractivity contribution in [3.63, 3.8) is 0 Å². The lowest BCUT2D eigenvalue weighted by Crippen LogP contribution is -2.07. The highest BCUT2D eigenvalue weighted by Crippen LogP contribution is 2.19. The second kappa shape index (κ2) is 7.00. The molecule has 0 heterocycles. The van der Waals surface area contributed by atoms with E-state index in [2.05, 4.69) is 6.92 Å². The van der Waals surface area contributed by atoms with Crippen molar-refractivity contribution in [3.8, 4) is 0 Å². The Morgan fingerprint density at radius 3 is 2.24 bits per heavy atom. The van der Waals surface area contributed by atoms with E-state index in [4.69, 9.17) is 0 Å². The van der Waals surface area contributed by atoms with Gasteiger partial charge >= 0.3 is 0 Å². The van der Waals surface area contributed by atoms with Crippen molar-refractivity contribution in [2.75, 3.05) is 0 Å². The largest absolute Gasteiger partial charge is 0.300 e. The van der Waals surface area contributed by atoms with Crippen molar-refractivity contribution in [2.45, 2.75) is 45.4 Å². The molecule has 0 fully saturated rings. The predicted octanol–water partition coefficient (Wildman–Crippen LogP) is 3.51. The highest BCUT2D eigenvalue weighted by Gasteiger charge is 2.11. The monoisotopic (exact) mass is 232 g/mol. The van der Waals surface area contributed by atoms with E-state index < -0.39 is 0 Å². The second-order valence-electron chi connectivity index (χ2n) is 4.45. The Balaban J connectivity index is 2.39. The molecule has 1 aromatic carbocycles. The summed E-state index contributed by atoms with van der Waals surface area (Å²) in [6.45, 7) is 3.88. The molecule has 0 saturated heterocycles. The lowest BCUT2D eigenvalue weighted by Gasteiger charge is -2.10. The summed E-state index contributed by atoms with van der Waals surface area (Å²) in [6, 6.07) is 10.0. The fraction of sp³-hybridized carbons (Fsp3) is 0.467. The maximum atomic E-state index is 11.7. The van der Waals surface area contributed by atoms with Crippen molar-refractivity contribution >= 4 is 11.6 Å². The third-order valence-electron chi connectivity index (χ3n) is 2.98. The number of ketones is 2. The zero-order valence-corrected chi connectivity index (χ0v) is 10.6. The molecule has 0 aliphatic carbocycles. The van der Waals surface area contributed by atoms with Gasteiger partial charge in [0.05, 0.1) is 0 Å². The minimum Gasteiger partial charge on any atom is -0.300 e. The summed E-state index contributed by atoms with van der Waals surface area (Å²) in [4.78, 5) is 22.8. The number of benzene rings is 1. The van der Waals surface area contributed by atoms with Crippen LogP contribution in [0, 0.1) is 0 Å². The van der Waals surface area contributed by atoms with E-state index in [0.717, 1.165) is 0 Å². The SMILES string of the molecule is CCC(=O)CCC(=O)CC(C)c1ccccc1. The van der Waals surface area contributed by atoms with Gasteiger partial charge < -0.3 is 0 Å². The zero-order valence-electron chi connectivity index (χ0n) is 10.6. The molecule has 92 valence electrons. The van der Waals surface area contributed by atoms with Crippen molar-refractivity contribution < 1.29 is 9.59 Å². The fourth-order valence-electron chi connectivity index (χ4n) is 1.80. The molecule has 0 amide bonds. The van der Waals surface area contributed by atoms with Gasteiger partial charge in [-0.25, -0.2) is 0 Å². The van der Waals surface area contributed by atoms with Crippen LogP contribution in [0.15, 0.2) is 30.3 Å². The summed E-state index contributed by atoms with van der Waals surface area (Å²) in [7, 11) is 0. The second-order valence-corrected chi connectivity index (χ2v) is 4.45. The Morgan fingerprint density at radius 2 is 1.65 bits per heavy atom. The summed E-state index contributed by atoms with van der Waals surface area (Å²) in [5, 5.41) is 0. The number of Topliss-reactive ketones (excluding diaryl/α,β-unsaturated/α-hetero) is 2. The Bertz CT molecular complexity index is 368. The van der Waals surface area contributed by atoms with Gasteiger partial charge in [-0.15, -0.1) is 0 Å². The molecule has 0 aromatic heterocycles. The van der Waals surface area contributed by atoms with E-state index in [1.54, 1.807) is 0 Å². The van der Waals surface area contributed by atoms with E-state index in [-0.39, 0.29) is 17.5 Å². The fourth-order valence-corrected chi connectivity index (χ4v) is 1.80. The molecule has 17 heavy (non-hydrogen) atoms. The summed E-state index contributed by atoms with van der Waals surface area (Å²) < 4.78 is 0. The van der Waals surface area contributed by atoms with Gasteiger partial charge in [-0.2, -0.15) is 0 Å². The van der Waals surface area contributed by atoms with Crippen molar-refractivity contribution in [2.24, 2.45) is 0 Å². The van der Waals surface area contributed by atoms with E-state index in [9.17, 15) is 9.59 Å². The van der Waals surface area contributed by atoms with E-state index in [1.165, 1.54) is 5.56 Å². The predicted molar refractivity (Wildman–Crippen MR) is 69.0 cm³/mol. The molecule has 0 bridgehead atoms. The normalized spacial score (nSPS) is 12.1. The van der Waals surface area contributed by atoms with Crippen LogP contribution in [0.25, 0.3) is 0 Å². The Labute approximate surface area is 103 Å². The van der Waals surface area contributed by atoms with Crippen LogP contribution in [0.1, 0.15) is 51.0 Å². The van der Waals surface area contributed by atoms with Crippen molar-refractivity contribution in [3.05, 3.63) is 35.9 Å². The average molecular weight is 232 g/mol. The summed E-state index contributed by atoms with van der Waals surface area (Å²) in [5.41, 5.74) is 1.18. The third kappa shape index (κ3) is 4.94. The quantitative estimate of drug-likeness (QED) is 0.721. The van der Waals surface area contributed by atoms with Crippen LogP contribution in [0.5, 0.6) is 0 Å². The van der Waals surface area contributed by atoms with Gasteiger partial charge in [-0.3, -0.25) is 9.59 Å². The molecular formula is C15H20O2. The Morgan fingerprint density at radius 1 is 1.06 bits per heavy atom. The van der Waals surface area contributed by atoms with Crippen LogP contribution in [-0.4, -0.2) is 11.6 Å². The van der Waals surface area contributed by atoms with Gasteiger partial charge in [-0.05, 0) is 11.5 Å². The zero-order chi connectivity index (χ0) is 12.7. The van der Waals surface area contributed by atoms with Crippen LogP contribution < -0.4 is 0 Å². The van der Waals surface area contributed by atoms with Gasteiger partial charge in [0.1, 0.15) is 11.6 Å². The number of rotatable bonds is 7.